The summed E-state index contributed by atoms with van der Waals surface area (Å²) in [6.07, 6.45) is 0. The lowest BCUT2D eigenvalue weighted by atomic mass is 10.2. The molecule has 0 unspecified atom stereocenters. The summed E-state index contributed by atoms with van der Waals surface area (Å²) in [7, 11) is -0.561. The first kappa shape index (κ1) is 15.3. The zero-order valence-corrected chi connectivity index (χ0v) is 12.8. The number of nitrogens with one attached hydrogen (secondary N) is 1. The number of anilines is 2. The van der Waals surface area contributed by atoms with Crippen LogP contribution in [0.2, 0.25) is 0 Å². The van der Waals surface area contributed by atoms with E-state index in [9.17, 15) is 8.42 Å². The number of rotatable bonds is 5. The first-order valence-electron chi connectivity index (χ1n) is 6.16. The Morgan fingerprint density at radius 1 is 1.38 bits per heavy atom. The number of aromatic nitrogens is 2. The van der Waals surface area contributed by atoms with Crippen molar-refractivity contribution in [3.63, 3.8) is 0 Å². The smallest absolute Gasteiger partial charge is 0.242 e. The standard InChI is InChI=1S/C12H17N5O3S/c1-8-15-12(16-20-8)7-14-11-6-9(4-5-10(11)13)21(18,19)17(2)3/h4-6,14H,7,13H2,1-3H3. The third-order valence-corrected chi connectivity index (χ3v) is 4.62. The van der Waals surface area contributed by atoms with E-state index in [-0.39, 0.29) is 11.4 Å². The molecule has 1 aromatic heterocycles. The Labute approximate surface area is 123 Å². The second kappa shape index (κ2) is 5.70. The highest BCUT2D eigenvalue weighted by molar-refractivity contribution is 7.89. The first-order chi connectivity index (χ1) is 9.80. The largest absolute Gasteiger partial charge is 0.397 e. The fourth-order valence-corrected chi connectivity index (χ4v) is 2.58. The number of nitrogens with zero attached hydrogens (tertiary/aromatic N) is 3. The maximum atomic E-state index is 12.1. The van der Waals surface area contributed by atoms with E-state index in [2.05, 4.69) is 15.5 Å². The molecule has 2 rings (SSSR count). The molecular weight excluding hydrogens is 294 g/mol. The predicted molar refractivity (Wildman–Crippen MR) is 78.1 cm³/mol. The summed E-state index contributed by atoms with van der Waals surface area (Å²) < 4.78 is 30.2. The molecule has 0 aliphatic rings. The lowest BCUT2D eigenvalue weighted by Crippen LogP contribution is -2.22. The van der Waals surface area contributed by atoms with Crippen molar-refractivity contribution in [1.82, 2.24) is 14.4 Å². The summed E-state index contributed by atoms with van der Waals surface area (Å²) in [4.78, 5) is 4.21. The molecule has 0 aliphatic carbocycles. The van der Waals surface area contributed by atoms with E-state index in [4.69, 9.17) is 10.3 Å². The summed E-state index contributed by atoms with van der Waals surface area (Å²) >= 11 is 0. The van der Waals surface area contributed by atoms with Gasteiger partial charge in [-0.2, -0.15) is 4.98 Å². The molecule has 0 amide bonds. The molecular formula is C12H17N5O3S. The van der Waals surface area contributed by atoms with E-state index in [0.29, 0.717) is 23.1 Å². The van der Waals surface area contributed by atoms with Crippen LogP contribution in [0.3, 0.4) is 0 Å². The Kier molecular flexibility index (Phi) is 4.14. The predicted octanol–water partition coefficient (Wildman–Crippen LogP) is 0.823. The molecule has 9 heteroatoms. The zero-order chi connectivity index (χ0) is 15.6. The van der Waals surface area contributed by atoms with Gasteiger partial charge in [-0.15, -0.1) is 0 Å². The zero-order valence-electron chi connectivity index (χ0n) is 12.0. The molecule has 0 bridgehead atoms. The third-order valence-electron chi connectivity index (χ3n) is 2.81. The Balaban J connectivity index is 2.24. The lowest BCUT2D eigenvalue weighted by Gasteiger charge is -2.14. The number of sulfonamides is 1. The van der Waals surface area contributed by atoms with Gasteiger partial charge in [-0.1, -0.05) is 5.16 Å². The van der Waals surface area contributed by atoms with Gasteiger partial charge in [0.1, 0.15) is 0 Å². The summed E-state index contributed by atoms with van der Waals surface area (Å²) in [5, 5.41) is 6.75. The molecule has 2 aromatic rings. The van der Waals surface area contributed by atoms with E-state index in [1.165, 1.54) is 26.2 Å². The summed E-state index contributed by atoms with van der Waals surface area (Å²) in [5.41, 5.74) is 6.78. The van der Waals surface area contributed by atoms with Crippen molar-refractivity contribution in [3.8, 4) is 0 Å². The molecule has 0 saturated carbocycles. The van der Waals surface area contributed by atoms with Gasteiger partial charge in [-0.05, 0) is 18.2 Å². The van der Waals surface area contributed by atoms with Gasteiger partial charge in [0.05, 0.1) is 22.8 Å². The summed E-state index contributed by atoms with van der Waals surface area (Å²) in [6, 6.07) is 4.49. The minimum absolute atomic E-state index is 0.161. The molecule has 0 atom stereocenters. The van der Waals surface area contributed by atoms with Gasteiger partial charge in [0.2, 0.25) is 15.9 Å². The number of hydrogen-bond donors (Lipinski definition) is 2. The molecule has 114 valence electrons. The maximum Gasteiger partial charge on any atom is 0.242 e. The SMILES string of the molecule is Cc1nc(CNc2cc(S(=O)(=O)N(C)C)ccc2N)no1. The van der Waals surface area contributed by atoms with E-state index in [0.717, 1.165) is 4.31 Å². The fourth-order valence-electron chi connectivity index (χ4n) is 1.65. The van der Waals surface area contributed by atoms with Gasteiger partial charge in [0, 0.05) is 21.0 Å². The quantitative estimate of drug-likeness (QED) is 0.786. The number of aryl methyl sites for hydroxylation is 1. The van der Waals surface area contributed by atoms with Crippen LogP contribution in [0, 0.1) is 6.92 Å². The van der Waals surface area contributed by atoms with E-state index in [1.807, 2.05) is 0 Å². The normalized spacial score (nSPS) is 11.8. The minimum Gasteiger partial charge on any atom is -0.397 e. The number of nitrogens with two attached hydrogens (primary N) is 1. The number of benzene rings is 1. The third kappa shape index (κ3) is 3.31. The van der Waals surface area contributed by atoms with Gasteiger partial charge < -0.3 is 15.6 Å². The molecule has 0 saturated heterocycles. The highest BCUT2D eigenvalue weighted by atomic mass is 32.2. The summed E-state index contributed by atoms with van der Waals surface area (Å²) in [6.45, 7) is 1.97. The van der Waals surface area contributed by atoms with Crippen molar-refractivity contribution < 1.29 is 12.9 Å². The fraction of sp³-hybridized carbons (Fsp3) is 0.333. The molecule has 0 aliphatic heterocycles. The molecule has 0 fully saturated rings. The van der Waals surface area contributed by atoms with Crippen LogP contribution in [0.15, 0.2) is 27.6 Å². The molecule has 8 nitrogen and oxygen atoms in total. The second-order valence-corrected chi connectivity index (χ2v) is 6.77. The van der Waals surface area contributed by atoms with Crippen LogP contribution >= 0.6 is 0 Å². The maximum absolute atomic E-state index is 12.1. The van der Waals surface area contributed by atoms with Crippen LogP contribution in [-0.2, 0) is 16.6 Å². The van der Waals surface area contributed by atoms with Crippen LogP contribution in [0.25, 0.3) is 0 Å². The van der Waals surface area contributed by atoms with E-state index >= 15 is 0 Å². The Bertz CT molecular complexity index is 739. The van der Waals surface area contributed by atoms with Crippen molar-refractivity contribution >= 4 is 21.4 Å². The van der Waals surface area contributed by atoms with Gasteiger partial charge in [-0.25, -0.2) is 12.7 Å². The van der Waals surface area contributed by atoms with Crippen molar-refractivity contribution in [3.05, 3.63) is 29.9 Å². The van der Waals surface area contributed by atoms with Crippen LogP contribution in [-0.4, -0.2) is 37.0 Å². The van der Waals surface area contributed by atoms with Crippen LogP contribution in [0.1, 0.15) is 11.7 Å². The lowest BCUT2D eigenvalue weighted by molar-refractivity contribution is 0.388. The van der Waals surface area contributed by atoms with Gasteiger partial charge >= 0.3 is 0 Å². The van der Waals surface area contributed by atoms with Crippen LogP contribution in [0.5, 0.6) is 0 Å². The van der Waals surface area contributed by atoms with Crippen LogP contribution < -0.4 is 11.1 Å². The number of hydrogen-bond acceptors (Lipinski definition) is 7. The van der Waals surface area contributed by atoms with Crippen molar-refractivity contribution in [1.29, 1.82) is 0 Å². The Morgan fingerprint density at radius 3 is 2.67 bits per heavy atom. The minimum atomic E-state index is -3.51. The molecule has 1 heterocycles. The number of nitrogen functional groups attached to an aromatic ring is 1. The highest BCUT2D eigenvalue weighted by Gasteiger charge is 2.18. The molecule has 21 heavy (non-hydrogen) atoms. The van der Waals surface area contributed by atoms with Gasteiger partial charge in [0.15, 0.2) is 5.82 Å². The van der Waals surface area contributed by atoms with Crippen molar-refractivity contribution in [2.45, 2.75) is 18.4 Å². The topological polar surface area (TPSA) is 114 Å². The molecule has 0 spiro atoms. The second-order valence-electron chi connectivity index (χ2n) is 4.62. The van der Waals surface area contributed by atoms with Crippen molar-refractivity contribution in [2.75, 3.05) is 25.1 Å². The van der Waals surface area contributed by atoms with Crippen LogP contribution in [0.4, 0.5) is 11.4 Å². The van der Waals surface area contributed by atoms with E-state index < -0.39 is 10.0 Å². The Hall–Kier alpha value is -2.13. The first-order valence-corrected chi connectivity index (χ1v) is 7.60. The van der Waals surface area contributed by atoms with Crippen molar-refractivity contribution in [2.24, 2.45) is 0 Å². The Morgan fingerprint density at radius 2 is 2.10 bits per heavy atom. The van der Waals surface area contributed by atoms with E-state index in [1.54, 1.807) is 13.0 Å². The average Bonchev–Trinajstić information content (AvgIpc) is 2.83. The van der Waals surface area contributed by atoms with Gasteiger partial charge in [0.25, 0.3) is 0 Å². The molecule has 3 N–H and O–H groups in total. The molecule has 1 aromatic carbocycles. The highest BCUT2D eigenvalue weighted by Crippen LogP contribution is 2.24. The monoisotopic (exact) mass is 311 g/mol. The summed E-state index contributed by atoms with van der Waals surface area (Å²) in [5.74, 6) is 0.927. The molecule has 0 radical (unpaired) electrons. The average molecular weight is 311 g/mol. The van der Waals surface area contributed by atoms with Gasteiger partial charge in [-0.3, -0.25) is 0 Å².